The lowest BCUT2D eigenvalue weighted by Crippen LogP contribution is -2.29. The van der Waals surface area contributed by atoms with Gasteiger partial charge in [0.2, 0.25) is 5.79 Å². The molecule has 0 saturated carbocycles. The van der Waals surface area contributed by atoms with E-state index in [0.717, 1.165) is 0 Å². The first-order valence-corrected chi connectivity index (χ1v) is 8.17. The predicted octanol–water partition coefficient (Wildman–Crippen LogP) is 4.02. The van der Waals surface area contributed by atoms with Gasteiger partial charge in [-0.1, -0.05) is 12.7 Å². The van der Waals surface area contributed by atoms with Gasteiger partial charge in [-0.05, 0) is 30.3 Å². The molecule has 0 radical (unpaired) electrons. The maximum atomic E-state index is 12.5. The molecule has 6 heteroatoms. The lowest BCUT2D eigenvalue weighted by molar-refractivity contribution is -0.0431. The molecule has 3 rings (SSSR count). The Labute approximate surface area is 152 Å². The molecule has 1 aliphatic rings. The van der Waals surface area contributed by atoms with Crippen LogP contribution in [0.1, 0.15) is 24.2 Å². The Morgan fingerprint density at radius 2 is 1.92 bits per heavy atom. The van der Waals surface area contributed by atoms with Crippen LogP contribution in [-0.4, -0.2) is 25.4 Å². The summed E-state index contributed by atoms with van der Waals surface area (Å²) in [6.45, 7) is 7.62. The predicted molar refractivity (Wildman–Crippen MR) is 98.4 cm³/mol. The summed E-state index contributed by atoms with van der Waals surface area (Å²) in [7, 11) is 1.53. The van der Waals surface area contributed by atoms with E-state index in [-0.39, 0.29) is 5.91 Å². The number of carbonyl (C=O) groups is 1. The first-order chi connectivity index (χ1) is 12.4. The highest BCUT2D eigenvalue weighted by atomic mass is 16.7. The molecule has 1 N–H and O–H groups in total. The number of carbonyl (C=O) groups excluding carboxylic acids is 1. The van der Waals surface area contributed by atoms with Gasteiger partial charge in [0.1, 0.15) is 6.61 Å². The molecule has 0 spiro atoms. The van der Waals surface area contributed by atoms with Crippen LogP contribution in [0, 0.1) is 0 Å². The van der Waals surface area contributed by atoms with Gasteiger partial charge in [-0.2, -0.15) is 0 Å². The van der Waals surface area contributed by atoms with Gasteiger partial charge < -0.3 is 24.3 Å². The average Bonchev–Trinajstić information content (AvgIpc) is 2.92. The molecule has 26 heavy (non-hydrogen) atoms. The summed E-state index contributed by atoms with van der Waals surface area (Å²) < 4.78 is 22.1. The van der Waals surface area contributed by atoms with Crippen LogP contribution in [0.3, 0.4) is 0 Å². The zero-order valence-electron chi connectivity index (χ0n) is 15.0. The van der Waals surface area contributed by atoms with E-state index >= 15 is 0 Å². The Morgan fingerprint density at radius 1 is 1.15 bits per heavy atom. The minimum atomic E-state index is -0.709. The number of benzene rings is 2. The first-order valence-electron chi connectivity index (χ1n) is 8.17. The lowest BCUT2D eigenvalue weighted by atomic mass is 10.1. The highest BCUT2D eigenvalue weighted by Crippen LogP contribution is 2.40. The highest BCUT2D eigenvalue weighted by Gasteiger charge is 2.31. The molecule has 2 aromatic carbocycles. The van der Waals surface area contributed by atoms with E-state index in [2.05, 4.69) is 11.9 Å². The molecular formula is C20H21NO5. The number of hydrogen-bond donors (Lipinski definition) is 1. The van der Waals surface area contributed by atoms with Crippen LogP contribution in [0.4, 0.5) is 5.69 Å². The summed E-state index contributed by atoms with van der Waals surface area (Å²) in [4.78, 5) is 12.5. The third-order valence-electron chi connectivity index (χ3n) is 3.70. The zero-order chi connectivity index (χ0) is 18.7. The topological polar surface area (TPSA) is 66.0 Å². The summed E-state index contributed by atoms with van der Waals surface area (Å²) in [5.41, 5.74) is 1.06. The van der Waals surface area contributed by atoms with E-state index in [0.29, 0.717) is 40.9 Å². The van der Waals surface area contributed by atoms with Crippen LogP contribution in [0.5, 0.6) is 23.0 Å². The van der Waals surface area contributed by atoms with Crippen molar-refractivity contribution >= 4 is 11.6 Å². The van der Waals surface area contributed by atoms with Crippen molar-refractivity contribution in [1.29, 1.82) is 0 Å². The maximum absolute atomic E-state index is 12.5. The second kappa shape index (κ2) is 7.00. The Morgan fingerprint density at radius 3 is 2.65 bits per heavy atom. The Balaban J connectivity index is 1.75. The molecule has 136 valence electrons. The molecule has 0 atom stereocenters. The van der Waals surface area contributed by atoms with Gasteiger partial charge in [-0.15, -0.1) is 0 Å². The van der Waals surface area contributed by atoms with Crippen LogP contribution in [0.15, 0.2) is 49.1 Å². The molecule has 0 aliphatic carbocycles. The number of nitrogens with one attached hydrogen (secondary N) is 1. The fourth-order valence-electron chi connectivity index (χ4n) is 2.58. The van der Waals surface area contributed by atoms with Crippen molar-refractivity contribution in [1.82, 2.24) is 0 Å². The number of anilines is 1. The number of methoxy groups -OCH3 is 1. The van der Waals surface area contributed by atoms with Crippen LogP contribution >= 0.6 is 0 Å². The van der Waals surface area contributed by atoms with Crippen molar-refractivity contribution in [2.45, 2.75) is 19.6 Å². The second-order valence-corrected chi connectivity index (χ2v) is 6.18. The molecule has 1 heterocycles. The van der Waals surface area contributed by atoms with Crippen LogP contribution < -0.4 is 24.3 Å². The zero-order valence-corrected chi connectivity index (χ0v) is 15.0. The summed E-state index contributed by atoms with van der Waals surface area (Å²) in [6.07, 6.45) is 1.64. The fraction of sp³-hybridized carbons (Fsp3) is 0.250. The molecule has 1 amide bonds. The van der Waals surface area contributed by atoms with Crippen molar-refractivity contribution in [3.8, 4) is 23.0 Å². The molecule has 0 bridgehead atoms. The quantitative estimate of drug-likeness (QED) is 0.793. The molecule has 6 nitrogen and oxygen atoms in total. The Hall–Kier alpha value is -3.15. The molecule has 2 aromatic rings. The van der Waals surface area contributed by atoms with Gasteiger partial charge in [0.15, 0.2) is 23.0 Å². The largest absolute Gasteiger partial charge is 0.493 e. The smallest absolute Gasteiger partial charge is 0.255 e. The molecule has 0 aromatic heterocycles. The van der Waals surface area contributed by atoms with Crippen molar-refractivity contribution in [3.05, 3.63) is 54.6 Å². The molecule has 1 aliphatic heterocycles. The number of amides is 1. The summed E-state index contributed by atoms with van der Waals surface area (Å²) >= 11 is 0. The van der Waals surface area contributed by atoms with E-state index in [1.54, 1.807) is 42.5 Å². The van der Waals surface area contributed by atoms with Gasteiger partial charge >= 0.3 is 0 Å². The van der Waals surface area contributed by atoms with Gasteiger partial charge in [0.25, 0.3) is 5.91 Å². The third kappa shape index (κ3) is 3.74. The van der Waals surface area contributed by atoms with Crippen LogP contribution in [-0.2, 0) is 0 Å². The third-order valence-corrected chi connectivity index (χ3v) is 3.70. The van der Waals surface area contributed by atoms with Gasteiger partial charge in [-0.25, -0.2) is 0 Å². The highest BCUT2D eigenvalue weighted by molar-refractivity contribution is 6.04. The average molecular weight is 355 g/mol. The van der Waals surface area contributed by atoms with Crippen molar-refractivity contribution in [3.63, 3.8) is 0 Å². The Bertz CT molecular complexity index is 844. The van der Waals surface area contributed by atoms with Crippen LogP contribution in [0.2, 0.25) is 0 Å². The van der Waals surface area contributed by atoms with Crippen molar-refractivity contribution < 1.29 is 23.7 Å². The summed E-state index contributed by atoms with van der Waals surface area (Å²) in [5.74, 6) is 1.30. The van der Waals surface area contributed by atoms with Gasteiger partial charge in [0.05, 0.1) is 7.11 Å². The van der Waals surface area contributed by atoms with E-state index in [1.165, 1.54) is 7.11 Å². The Kier molecular flexibility index (Phi) is 4.75. The monoisotopic (exact) mass is 355 g/mol. The summed E-state index contributed by atoms with van der Waals surface area (Å²) in [5, 5.41) is 2.84. The number of rotatable bonds is 6. The molecule has 0 unspecified atom stereocenters. The first kappa shape index (κ1) is 17.7. The van der Waals surface area contributed by atoms with Gasteiger partial charge in [-0.3, -0.25) is 4.79 Å². The maximum Gasteiger partial charge on any atom is 0.255 e. The minimum Gasteiger partial charge on any atom is -0.493 e. The van der Waals surface area contributed by atoms with Crippen molar-refractivity contribution in [2.75, 3.05) is 19.0 Å². The number of ether oxygens (including phenoxy) is 4. The SMILES string of the molecule is C=CCOc1ccc(C(=O)Nc2ccc3c(c2)OC(C)(C)O3)cc1OC. The number of fused-ring (bicyclic) bond motifs is 1. The molecule has 0 saturated heterocycles. The molecular weight excluding hydrogens is 334 g/mol. The van der Waals surface area contributed by atoms with Crippen LogP contribution in [0.25, 0.3) is 0 Å². The lowest BCUT2D eigenvalue weighted by Gasteiger charge is -2.16. The normalized spacial score (nSPS) is 13.8. The van der Waals surface area contributed by atoms with E-state index in [1.807, 2.05) is 13.8 Å². The van der Waals surface area contributed by atoms with Crippen molar-refractivity contribution in [2.24, 2.45) is 0 Å². The number of hydrogen-bond acceptors (Lipinski definition) is 5. The standard InChI is InChI=1S/C20H21NO5/c1-5-10-24-15-8-6-13(11-17(15)23-4)19(22)21-14-7-9-16-18(12-14)26-20(2,3)25-16/h5-9,11-12H,1,10H2,2-4H3,(H,21,22). The molecule has 0 fully saturated rings. The second-order valence-electron chi connectivity index (χ2n) is 6.18. The van der Waals surface area contributed by atoms with E-state index in [4.69, 9.17) is 18.9 Å². The van der Waals surface area contributed by atoms with E-state index in [9.17, 15) is 4.79 Å². The van der Waals surface area contributed by atoms with Gasteiger partial charge in [0, 0.05) is 31.2 Å². The fourth-order valence-corrected chi connectivity index (χ4v) is 2.58. The summed E-state index contributed by atoms with van der Waals surface area (Å²) in [6, 6.07) is 10.3. The van der Waals surface area contributed by atoms with E-state index < -0.39 is 5.79 Å². The minimum absolute atomic E-state index is 0.267.